The smallest absolute Gasteiger partial charge is 0.389 e. The molecule has 1 atom stereocenters. The van der Waals surface area contributed by atoms with Gasteiger partial charge in [-0.1, -0.05) is 41.4 Å². The maximum Gasteiger partial charge on any atom is 0.389 e. The molecule has 0 saturated carbocycles. The second kappa shape index (κ2) is 35.8. The molecule has 0 aliphatic carbocycles. The standard InChI is InChI=1S/C15H16F3N5O4S.C15H18N6O6S.C11H10Cl2F2N4O3S.C3H8NO5P.C3H9S/c1-9-19-12(22-14(20-9)27-2)21-13(24)23-28(25,26)11-6-4-3-5-10(11)7-8-15(16,17)18;1-21(2)13(22)9-6-5-7-16-12(9)28(24,25)20-15(23)19-14-17-10(26-3)8-11(18-14)27-4;1-5-16-19(11(20)18(5)10(14)15)9-4-8(17-23(2,21)22)6(12)3-7(9)13;5-3(6)1-4-2-10(7,8)9;1-4(2)3/h3-6H,7-8H2,1-2H3,(H2,19,20,21,22,23,24);5-8H,1-4H3,(H2,17,18,19,20,23);3-4,10,17H,1-2H3;4H,1-2H2,(H,5,6)(H2,7,8,9);1-3H3/q;;;;+1/p-1. The summed E-state index contributed by atoms with van der Waals surface area (Å²) in [6, 6.07) is 9.02. The molecule has 0 fully saturated rings. The fourth-order valence-electron chi connectivity index (χ4n) is 6.27. The number of sulfonamides is 3. The Balaban J connectivity index is 0.000000432. The fourth-order valence-corrected chi connectivity index (χ4v) is 10.0. The Morgan fingerprint density at radius 3 is 1.85 bits per heavy atom. The summed E-state index contributed by atoms with van der Waals surface area (Å²) in [5.74, 6) is -2.11. The van der Waals surface area contributed by atoms with Gasteiger partial charge in [0.05, 0.1) is 97.1 Å². The summed E-state index contributed by atoms with van der Waals surface area (Å²) < 4.78 is 167. The molecule has 34 nitrogen and oxygen atoms in total. The zero-order chi connectivity index (χ0) is 71.1. The maximum atomic E-state index is 12.8. The Kier molecular flexibility index (Phi) is 31.1. The number of carboxylic acids is 1. The number of pyridine rings is 1. The van der Waals surface area contributed by atoms with Crippen LogP contribution >= 0.6 is 30.8 Å². The van der Waals surface area contributed by atoms with E-state index >= 15 is 0 Å². The lowest BCUT2D eigenvalue weighted by Crippen LogP contribution is -2.36. The Morgan fingerprint density at radius 2 is 1.37 bits per heavy atom. The van der Waals surface area contributed by atoms with Crippen molar-refractivity contribution in [3.8, 4) is 23.5 Å². The monoisotopic (exact) mass is 1460 g/mol. The van der Waals surface area contributed by atoms with Crippen molar-refractivity contribution in [2.45, 2.75) is 49.3 Å². The molecule has 0 radical (unpaired) electrons. The average Bonchev–Trinajstić information content (AvgIpc) is 1.73. The van der Waals surface area contributed by atoms with Gasteiger partial charge in [0.1, 0.15) is 19.2 Å². The number of nitrogens with zero attached hydrogens (tertiary/aromatic N) is 10. The normalized spacial score (nSPS) is 11.8. The number of halogens is 7. The van der Waals surface area contributed by atoms with E-state index in [-0.39, 0.29) is 78.4 Å². The van der Waals surface area contributed by atoms with Gasteiger partial charge >= 0.3 is 42.5 Å². The number of carboxylic acid groups (broad SMARTS) is 1. The third kappa shape index (κ3) is 28.7. The van der Waals surface area contributed by atoms with Crippen LogP contribution in [0.5, 0.6) is 17.8 Å². The maximum absolute atomic E-state index is 12.8. The van der Waals surface area contributed by atoms with Crippen molar-refractivity contribution in [1.82, 2.24) is 63.9 Å². The van der Waals surface area contributed by atoms with Gasteiger partial charge < -0.3 is 38.6 Å². The molecular weight excluding hydrogens is 1400 g/mol. The van der Waals surface area contributed by atoms with E-state index < -0.39 is 116 Å². The van der Waals surface area contributed by atoms with Gasteiger partial charge in [-0.2, -0.15) is 60.0 Å². The highest BCUT2D eigenvalue weighted by molar-refractivity contribution is 7.94. The van der Waals surface area contributed by atoms with Crippen molar-refractivity contribution in [2.75, 3.05) is 88.6 Å². The number of amides is 5. The molecule has 0 aliphatic heterocycles. The lowest BCUT2D eigenvalue weighted by atomic mass is 10.1. The number of urea groups is 2. The number of rotatable bonds is 20. The van der Waals surface area contributed by atoms with Gasteiger partial charge in [-0.05, 0) is 67.1 Å². The second-order valence-corrected chi connectivity index (χ2v) is 28.1. The third-order valence-corrected chi connectivity index (χ3v) is 14.4. The highest BCUT2D eigenvalue weighted by atomic mass is 35.5. The van der Waals surface area contributed by atoms with Crippen molar-refractivity contribution in [3.05, 3.63) is 104 Å². The lowest BCUT2D eigenvalue weighted by Gasteiger charge is -2.14. The molecule has 0 spiro atoms. The molecule has 1 unspecified atom stereocenters. The minimum Gasteiger partial charge on any atom is -0.778 e. The van der Waals surface area contributed by atoms with Gasteiger partial charge in [-0.25, -0.2) is 50.2 Å². The van der Waals surface area contributed by atoms with Crippen LogP contribution < -0.4 is 54.9 Å². The second-order valence-electron chi connectivity index (χ2n) is 18.3. The molecule has 2 aromatic carbocycles. The number of anilines is 3. The molecule has 6 rings (SSSR count). The molecule has 0 bridgehead atoms. The highest BCUT2D eigenvalue weighted by Crippen LogP contribution is 2.32. The summed E-state index contributed by atoms with van der Waals surface area (Å²) >= 11 is 11.8. The number of hydrogen-bond donors (Lipinski definition) is 8. The number of nitrogens with one attached hydrogen (secondary N) is 6. The molecule has 514 valence electrons. The number of benzene rings is 2. The molecule has 93 heavy (non-hydrogen) atoms. The average molecular weight is 1460 g/mol. The molecule has 0 aliphatic rings. The minimum atomic E-state index is -4.46. The summed E-state index contributed by atoms with van der Waals surface area (Å²) in [5, 5.41) is 17.3. The quantitative estimate of drug-likeness (QED) is 0.0308. The Labute approximate surface area is 540 Å². The van der Waals surface area contributed by atoms with E-state index in [2.05, 4.69) is 69.1 Å². The van der Waals surface area contributed by atoms with Crippen molar-refractivity contribution in [3.63, 3.8) is 0 Å². The molecule has 4 aromatic heterocycles. The van der Waals surface area contributed by atoms with Crippen LogP contribution in [0.4, 0.5) is 49.1 Å². The van der Waals surface area contributed by atoms with Crippen LogP contribution in [-0.2, 0) is 56.7 Å². The Morgan fingerprint density at radius 1 is 0.817 bits per heavy atom. The van der Waals surface area contributed by atoms with E-state index in [4.69, 9.17) is 47.4 Å². The number of methoxy groups -OCH3 is 3. The van der Waals surface area contributed by atoms with Crippen LogP contribution in [0.1, 0.15) is 40.5 Å². The van der Waals surface area contributed by atoms with Crippen LogP contribution in [0.15, 0.2) is 75.5 Å². The first-order valence-electron chi connectivity index (χ1n) is 24.9. The SMILES string of the molecule is COc1cc(OC)nc(NC(=O)NS(=O)(=O)c2ncccc2C(=O)N(C)C)n1.COc1nc(C)nc(NC(=O)NS(=O)(=O)c2ccccc2CCC(F)(F)F)n1.C[S+](C)C.Cc1nn(-c2cc(NS(C)(=O)=O)c(Cl)cc2Cl)c(=O)n1C(F)F.O=C(O)CNCP(=O)([O-])O. The van der Waals surface area contributed by atoms with E-state index in [9.17, 15) is 80.6 Å². The van der Waals surface area contributed by atoms with Crippen LogP contribution in [0.25, 0.3) is 5.69 Å². The molecule has 8 N–H and O–H groups in total. The number of carbonyl (C=O) groups excluding carboxylic acids is 3. The molecule has 0 saturated heterocycles. The first-order chi connectivity index (χ1) is 42.8. The molecule has 4 heterocycles. The summed E-state index contributed by atoms with van der Waals surface area (Å²) in [6.07, 6.45) is 1.77. The lowest BCUT2D eigenvalue weighted by molar-refractivity contribution is -0.193. The fraction of sp³-hybridized carbons (Fsp3) is 0.362. The van der Waals surface area contributed by atoms with Crippen molar-refractivity contribution in [2.24, 2.45) is 0 Å². The molecule has 6 aromatic rings. The summed E-state index contributed by atoms with van der Waals surface area (Å²) in [7, 11) is -9.35. The molecule has 5 amide bonds. The van der Waals surface area contributed by atoms with Crippen molar-refractivity contribution < 1.29 is 100 Å². The van der Waals surface area contributed by atoms with E-state index in [1.807, 2.05) is 5.32 Å². The summed E-state index contributed by atoms with van der Waals surface area (Å²) in [5.41, 5.74) is -1.53. The van der Waals surface area contributed by atoms with Gasteiger partial charge in [-0.15, -0.1) is 5.10 Å². The van der Waals surface area contributed by atoms with E-state index in [0.717, 1.165) is 18.4 Å². The van der Waals surface area contributed by atoms with E-state index in [1.165, 1.54) is 103 Å². The van der Waals surface area contributed by atoms with Crippen LogP contribution in [0, 0.1) is 13.8 Å². The topological polar surface area (TPSA) is 472 Å². The highest BCUT2D eigenvalue weighted by Gasteiger charge is 2.30. The zero-order valence-electron chi connectivity index (χ0n) is 50.3. The van der Waals surface area contributed by atoms with Crippen molar-refractivity contribution >= 4 is 113 Å². The van der Waals surface area contributed by atoms with Gasteiger partial charge in [0, 0.05) is 26.7 Å². The molecule has 46 heteroatoms. The van der Waals surface area contributed by atoms with Crippen molar-refractivity contribution in [1.29, 1.82) is 0 Å². The number of aryl methyl sites for hydroxylation is 3. The van der Waals surface area contributed by atoms with Gasteiger partial charge in [0.2, 0.25) is 33.7 Å². The first-order valence-corrected chi connectivity index (χ1v) is 34.8. The minimum absolute atomic E-state index is 0.0257. The molecular formula is C47H60Cl2F5N16O18PS4. The first kappa shape index (κ1) is 80.9. The predicted octanol–water partition coefficient (Wildman–Crippen LogP) is 3.37. The van der Waals surface area contributed by atoms with Gasteiger partial charge in [-0.3, -0.25) is 30.3 Å². The number of aliphatic carboxylic acids is 1. The zero-order valence-corrected chi connectivity index (χ0v) is 56.0. The Bertz CT molecular complexity index is 4040. The number of aromatic nitrogens is 9. The van der Waals surface area contributed by atoms with Crippen LogP contribution in [0.3, 0.4) is 0 Å². The summed E-state index contributed by atoms with van der Waals surface area (Å²) in [6.45, 7) is -0.826. The largest absolute Gasteiger partial charge is 0.778 e. The number of carbonyl (C=O) groups is 4. The van der Waals surface area contributed by atoms with E-state index in [1.54, 1.807) is 9.44 Å². The van der Waals surface area contributed by atoms with Gasteiger partial charge in [0.25, 0.3) is 26.0 Å². The predicted molar refractivity (Wildman–Crippen MR) is 326 cm³/mol. The van der Waals surface area contributed by atoms with Gasteiger partial charge in [0.15, 0.2) is 5.03 Å². The number of alkyl halides is 5. The third-order valence-electron chi connectivity index (χ3n) is 9.84. The number of hydrogen-bond acceptors (Lipinski definition) is 24. The number of ether oxygens (including phenoxy) is 3. The van der Waals surface area contributed by atoms with Crippen LogP contribution in [-0.4, -0.2) is 188 Å². The summed E-state index contributed by atoms with van der Waals surface area (Å²) in [4.78, 5) is 99.6. The van der Waals surface area contributed by atoms with E-state index in [0.29, 0.717) is 15.6 Å². The Hall–Kier alpha value is -8.16. The van der Waals surface area contributed by atoms with Crippen LogP contribution in [0.2, 0.25) is 10.0 Å².